The number of amides is 1. The smallest absolute Gasteiger partial charge is 0.251 e. The predicted molar refractivity (Wildman–Crippen MR) is 121 cm³/mol. The van der Waals surface area contributed by atoms with Gasteiger partial charge in [-0.05, 0) is 56.9 Å². The van der Waals surface area contributed by atoms with Crippen LogP contribution in [-0.4, -0.2) is 54.3 Å². The Kier molecular flexibility index (Phi) is 6.33. The molecule has 1 amide bonds. The maximum absolute atomic E-state index is 13.0. The van der Waals surface area contributed by atoms with E-state index in [0.717, 1.165) is 23.9 Å². The fourth-order valence-corrected chi connectivity index (χ4v) is 5.29. The molecule has 1 aromatic heterocycles. The van der Waals surface area contributed by atoms with Crippen molar-refractivity contribution in [3.63, 3.8) is 0 Å². The number of anilines is 1. The molecule has 0 radical (unpaired) electrons. The van der Waals surface area contributed by atoms with Gasteiger partial charge in [-0.25, -0.2) is 0 Å². The summed E-state index contributed by atoms with van der Waals surface area (Å²) >= 11 is 0. The van der Waals surface area contributed by atoms with Gasteiger partial charge < -0.3 is 20.3 Å². The number of hydrogen-bond donors (Lipinski definition) is 2. The van der Waals surface area contributed by atoms with Crippen LogP contribution in [0.3, 0.4) is 0 Å². The second-order valence-electron chi connectivity index (χ2n) is 8.80. The van der Waals surface area contributed by atoms with Crippen LogP contribution in [0.5, 0.6) is 0 Å². The van der Waals surface area contributed by atoms with Crippen molar-refractivity contribution in [1.82, 2.24) is 15.6 Å². The van der Waals surface area contributed by atoms with E-state index in [1.807, 2.05) is 31.2 Å². The highest BCUT2D eigenvalue weighted by molar-refractivity contribution is 5.95. The van der Waals surface area contributed by atoms with Gasteiger partial charge in [-0.3, -0.25) is 9.78 Å². The molecule has 2 aromatic rings. The fourth-order valence-electron chi connectivity index (χ4n) is 5.29. The van der Waals surface area contributed by atoms with E-state index in [1.165, 1.54) is 12.8 Å². The van der Waals surface area contributed by atoms with Crippen LogP contribution in [0.4, 0.5) is 5.69 Å². The standard InChI is InChI=1S/C23H27N5O2.ClH/c1-14-12-28(20-7-4-15(11-24)22-19(20)3-2-8-25-22)13-21(30-14)23(29)27-18-9-16-5-6-17(10-18)26-16;/h2-4,7-8,14,16-18,21,26H,5-6,9-10,12-13H2,1H3,(H,27,29);1H. The van der Waals surface area contributed by atoms with Crippen LogP contribution in [0.25, 0.3) is 10.9 Å². The lowest BCUT2D eigenvalue weighted by atomic mass is 9.99. The van der Waals surface area contributed by atoms with Gasteiger partial charge in [0.05, 0.1) is 23.7 Å². The van der Waals surface area contributed by atoms with Crippen molar-refractivity contribution in [1.29, 1.82) is 5.26 Å². The molecule has 7 nitrogen and oxygen atoms in total. The van der Waals surface area contributed by atoms with Crippen molar-refractivity contribution in [2.45, 2.75) is 62.9 Å². The quantitative estimate of drug-likeness (QED) is 0.760. The molecule has 31 heavy (non-hydrogen) atoms. The molecule has 0 spiro atoms. The topological polar surface area (TPSA) is 90.3 Å². The van der Waals surface area contributed by atoms with E-state index in [4.69, 9.17) is 4.74 Å². The summed E-state index contributed by atoms with van der Waals surface area (Å²) in [7, 11) is 0. The molecule has 3 aliphatic rings. The number of halogens is 1. The number of carbonyl (C=O) groups is 1. The summed E-state index contributed by atoms with van der Waals surface area (Å²) in [6.45, 7) is 3.18. The molecule has 3 aliphatic heterocycles. The highest BCUT2D eigenvalue weighted by Gasteiger charge is 2.37. The second-order valence-corrected chi connectivity index (χ2v) is 8.80. The minimum atomic E-state index is -0.511. The van der Waals surface area contributed by atoms with Crippen molar-refractivity contribution >= 4 is 34.9 Å². The minimum Gasteiger partial charge on any atom is -0.365 e. The maximum Gasteiger partial charge on any atom is 0.251 e. The van der Waals surface area contributed by atoms with E-state index < -0.39 is 6.10 Å². The van der Waals surface area contributed by atoms with Gasteiger partial charge in [-0.15, -0.1) is 12.4 Å². The molecule has 4 atom stereocenters. The highest BCUT2D eigenvalue weighted by Crippen LogP contribution is 2.31. The Balaban J connectivity index is 0.00000231. The number of piperidine rings is 1. The molecule has 3 saturated heterocycles. The monoisotopic (exact) mass is 441 g/mol. The summed E-state index contributed by atoms with van der Waals surface area (Å²) in [5.41, 5.74) is 2.25. The number of hydrogen-bond acceptors (Lipinski definition) is 6. The lowest BCUT2D eigenvalue weighted by Crippen LogP contribution is -2.56. The Hall–Kier alpha value is -2.40. The number of pyridine rings is 1. The van der Waals surface area contributed by atoms with Crippen molar-refractivity contribution in [2.75, 3.05) is 18.0 Å². The molecule has 3 fully saturated rings. The van der Waals surface area contributed by atoms with Crippen LogP contribution >= 0.6 is 12.4 Å². The Morgan fingerprint density at radius 3 is 2.77 bits per heavy atom. The number of nitrogens with zero attached hydrogens (tertiary/aromatic N) is 3. The van der Waals surface area contributed by atoms with Gasteiger partial charge in [0, 0.05) is 41.9 Å². The van der Waals surface area contributed by atoms with E-state index in [-0.39, 0.29) is 30.5 Å². The molecule has 0 aliphatic carbocycles. The number of carbonyl (C=O) groups excluding carboxylic acids is 1. The second kappa shape index (κ2) is 8.99. The lowest BCUT2D eigenvalue weighted by molar-refractivity contribution is -0.138. The average molecular weight is 442 g/mol. The van der Waals surface area contributed by atoms with Crippen LogP contribution in [0.2, 0.25) is 0 Å². The van der Waals surface area contributed by atoms with Gasteiger partial charge in [0.1, 0.15) is 6.07 Å². The Bertz CT molecular complexity index is 997. The van der Waals surface area contributed by atoms with E-state index >= 15 is 0 Å². The number of fused-ring (bicyclic) bond motifs is 3. The zero-order chi connectivity index (χ0) is 20.7. The first-order valence-electron chi connectivity index (χ1n) is 10.9. The third-order valence-electron chi connectivity index (χ3n) is 6.58. The summed E-state index contributed by atoms with van der Waals surface area (Å²) in [6, 6.07) is 11.2. The van der Waals surface area contributed by atoms with Gasteiger partial charge in [0.15, 0.2) is 6.10 Å². The average Bonchev–Trinajstić information content (AvgIpc) is 3.10. The summed E-state index contributed by atoms with van der Waals surface area (Å²) in [6.07, 6.45) is 5.55. The van der Waals surface area contributed by atoms with Crippen LogP contribution in [0, 0.1) is 11.3 Å². The van der Waals surface area contributed by atoms with E-state index in [9.17, 15) is 10.1 Å². The molecule has 4 unspecified atom stereocenters. The normalized spacial score (nSPS) is 29.8. The fraction of sp³-hybridized carbons (Fsp3) is 0.522. The van der Waals surface area contributed by atoms with Gasteiger partial charge >= 0.3 is 0 Å². The van der Waals surface area contributed by atoms with Gasteiger partial charge in [0.25, 0.3) is 5.91 Å². The predicted octanol–water partition coefficient (Wildman–Crippen LogP) is 2.52. The Morgan fingerprint density at radius 1 is 1.26 bits per heavy atom. The van der Waals surface area contributed by atoms with E-state index in [1.54, 1.807) is 6.20 Å². The maximum atomic E-state index is 13.0. The third kappa shape index (κ3) is 4.33. The van der Waals surface area contributed by atoms with Crippen molar-refractivity contribution in [3.8, 4) is 6.07 Å². The molecule has 1 aromatic carbocycles. The number of nitriles is 1. The number of aromatic nitrogens is 1. The van der Waals surface area contributed by atoms with Gasteiger partial charge in [-0.2, -0.15) is 5.26 Å². The molecular formula is C23H28ClN5O2. The summed E-state index contributed by atoms with van der Waals surface area (Å²) < 4.78 is 6.03. The van der Waals surface area contributed by atoms with E-state index in [0.29, 0.717) is 36.3 Å². The highest BCUT2D eigenvalue weighted by atomic mass is 35.5. The van der Waals surface area contributed by atoms with Crippen LogP contribution in [0.1, 0.15) is 38.2 Å². The zero-order valence-electron chi connectivity index (χ0n) is 17.6. The lowest BCUT2D eigenvalue weighted by Gasteiger charge is -2.39. The Morgan fingerprint density at radius 2 is 2.03 bits per heavy atom. The molecule has 2 N–H and O–H groups in total. The summed E-state index contributed by atoms with van der Waals surface area (Å²) in [4.78, 5) is 19.7. The zero-order valence-corrected chi connectivity index (χ0v) is 18.4. The van der Waals surface area contributed by atoms with Gasteiger partial charge in [0.2, 0.25) is 0 Å². The number of nitrogens with one attached hydrogen (secondary N) is 2. The molecule has 2 bridgehead atoms. The molecule has 4 heterocycles. The van der Waals surface area contributed by atoms with Crippen LogP contribution < -0.4 is 15.5 Å². The van der Waals surface area contributed by atoms with Crippen molar-refractivity contribution in [3.05, 3.63) is 36.0 Å². The number of morpholine rings is 1. The summed E-state index contributed by atoms with van der Waals surface area (Å²) in [5, 5.41) is 17.2. The minimum absolute atomic E-state index is 0. The number of rotatable bonds is 3. The number of ether oxygens (including phenoxy) is 1. The van der Waals surface area contributed by atoms with Crippen LogP contribution in [-0.2, 0) is 9.53 Å². The number of benzene rings is 1. The molecular weight excluding hydrogens is 414 g/mol. The SMILES string of the molecule is CC1CN(c2ccc(C#N)c3ncccc23)CC(C(=O)NC2CC3CCC(C2)N3)O1.Cl. The first-order valence-corrected chi connectivity index (χ1v) is 10.9. The molecule has 164 valence electrons. The molecule has 0 saturated carbocycles. The Labute approximate surface area is 188 Å². The van der Waals surface area contributed by atoms with Crippen molar-refractivity contribution in [2.24, 2.45) is 0 Å². The molecule has 5 rings (SSSR count). The molecule has 8 heteroatoms. The third-order valence-corrected chi connectivity index (χ3v) is 6.58. The first-order chi connectivity index (χ1) is 14.6. The summed E-state index contributed by atoms with van der Waals surface area (Å²) in [5.74, 6) is -0.0195. The van der Waals surface area contributed by atoms with Crippen LogP contribution in [0.15, 0.2) is 30.5 Å². The van der Waals surface area contributed by atoms with Gasteiger partial charge in [-0.1, -0.05) is 0 Å². The van der Waals surface area contributed by atoms with Crippen molar-refractivity contribution < 1.29 is 9.53 Å². The first kappa shape index (κ1) is 21.8. The van der Waals surface area contributed by atoms with E-state index in [2.05, 4.69) is 26.6 Å². The largest absolute Gasteiger partial charge is 0.365 e.